The third-order valence-corrected chi connectivity index (χ3v) is 9.77. The van der Waals surface area contributed by atoms with E-state index in [0.717, 1.165) is 11.3 Å². The highest BCUT2D eigenvalue weighted by Crippen LogP contribution is 2.44. The van der Waals surface area contributed by atoms with Gasteiger partial charge in [0.2, 0.25) is 25.1 Å². The van der Waals surface area contributed by atoms with Crippen LogP contribution in [0.15, 0.2) is 10.5 Å². The van der Waals surface area contributed by atoms with E-state index in [1.54, 1.807) is 20.1 Å². The van der Waals surface area contributed by atoms with Crippen LogP contribution in [0.5, 0.6) is 0 Å². The number of hydrogen-bond donors (Lipinski definition) is 2. The summed E-state index contributed by atoms with van der Waals surface area (Å²) in [7, 11) is 0. The number of thioether (sulfide) groups is 2. The zero-order chi connectivity index (χ0) is 32.6. The molecule has 3 N–H and O–H groups in total. The summed E-state index contributed by atoms with van der Waals surface area (Å²) in [4.78, 5) is 84.8. The van der Waals surface area contributed by atoms with E-state index in [4.69, 9.17) is 29.5 Å². The van der Waals surface area contributed by atoms with Gasteiger partial charge in [-0.05, 0) is 6.26 Å². The van der Waals surface area contributed by atoms with Gasteiger partial charge in [-0.25, -0.2) is 9.78 Å². The number of carbonyl (C=O) groups is 6. The maximum absolute atomic E-state index is 13.2. The highest BCUT2D eigenvalue weighted by Gasteiger charge is 2.58. The number of nitrogens with two attached hydrogens (primary N) is 1. The van der Waals surface area contributed by atoms with Crippen LogP contribution in [0, 0.1) is 0 Å². The first kappa shape index (κ1) is 34.9. The second-order valence-corrected chi connectivity index (χ2v) is 12.5. The molecule has 0 aromatic carbocycles. The Balaban J connectivity index is 1.63. The third kappa shape index (κ3) is 8.53. The second kappa shape index (κ2) is 15.4. The monoisotopic (exact) mass is 675 g/mol. The molecule has 2 fully saturated rings. The number of ether oxygens (including phenoxy) is 4. The minimum atomic E-state index is -1.15. The van der Waals surface area contributed by atoms with Gasteiger partial charge in [-0.15, -0.1) is 34.9 Å². The Labute approximate surface area is 265 Å². The second-order valence-electron chi connectivity index (χ2n) is 9.32. The van der Waals surface area contributed by atoms with E-state index in [2.05, 4.69) is 15.5 Å². The number of hydrogen-bond acceptors (Lipinski definition) is 17. The Morgan fingerprint density at radius 3 is 2.30 bits per heavy atom. The molecule has 2 saturated heterocycles. The van der Waals surface area contributed by atoms with Crippen molar-refractivity contribution in [1.29, 1.82) is 0 Å². The van der Waals surface area contributed by atoms with Crippen molar-refractivity contribution in [2.75, 3.05) is 30.9 Å². The van der Waals surface area contributed by atoms with Gasteiger partial charge in [0.05, 0.1) is 0 Å². The van der Waals surface area contributed by atoms with E-state index in [1.807, 2.05) is 0 Å². The van der Waals surface area contributed by atoms with Crippen LogP contribution in [-0.2, 0) is 52.6 Å². The van der Waals surface area contributed by atoms with Crippen molar-refractivity contribution >= 4 is 81.4 Å². The SMILES string of the molecule is CCC(=O)OC(C)OC(=O)CON=C(C(=O)NC1C(=O)N2CC(SC)(C(=O)OC(C)OC(=O)CC)CS[C@H]12)c1csc(N)n1. The minimum absolute atomic E-state index is 0.0189. The van der Waals surface area contributed by atoms with Crippen LogP contribution in [-0.4, -0.2) is 105 Å². The summed E-state index contributed by atoms with van der Waals surface area (Å²) >= 11 is 3.52. The number of thiazole rings is 1. The number of nitrogen functional groups attached to an aromatic ring is 1. The van der Waals surface area contributed by atoms with E-state index in [9.17, 15) is 28.8 Å². The van der Waals surface area contributed by atoms with Gasteiger partial charge in [-0.1, -0.05) is 19.0 Å². The van der Waals surface area contributed by atoms with Gasteiger partial charge in [-0.3, -0.25) is 24.0 Å². The van der Waals surface area contributed by atoms with Gasteiger partial charge < -0.3 is 39.7 Å². The largest absolute Gasteiger partial charge is 0.425 e. The number of rotatable bonds is 14. The Kier molecular flexibility index (Phi) is 12.2. The molecule has 0 aliphatic carbocycles. The van der Waals surface area contributed by atoms with E-state index in [1.165, 1.54) is 47.7 Å². The minimum Gasteiger partial charge on any atom is -0.425 e. The Morgan fingerprint density at radius 2 is 1.73 bits per heavy atom. The molecule has 2 aliphatic rings. The molecule has 19 heteroatoms. The molecule has 44 heavy (non-hydrogen) atoms. The van der Waals surface area contributed by atoms with Crippen molar-refractivity contribution in [3.05, 3.63) is 11.1 Å². The van der Waals surface area contributed by atoms with Gasteiger partial charge >= 0.3 is 23.9 Å². The van der Waals surface area contributed by atoms with Crippen LogP contribution in [0.25, 0.3) is 0 Å². The van der Waals surface area contributed by atoms with E-state index in [0.29, 0.717) is 0 Å². The van der Waals surface area contributed by atoms with Crippen LogP contribution < -0.4 is 11.1 Å². The van der Waals surface area contributed by atoms with Gasteiger partial charge in [-0.2, -0.15) is 0 Å². The maximum Gasteiger partial charge on any atom is 0.350 e. The summed E-state index contributed by atoms with van der Waals surface area (Å²) in [5.74, 6) is -3.63. The first-order valence-electron chi connectivity index (χ1n) is 13.3. The van der Waals surface area contributed by atoms with Crippen LogP contribution in [0.4, 0.5) is 5.13 Å². The molecule has 3 heterocycles. The lowest BCUT2D eigenvalue weighted by Gasteiger charge is -2.53. The molecule has 5 atom stereocenters. The maximum atomic E-state index is 13.2. The molecule has 242 valence electrons. The molecule has 0 spiro atoms. The van der Waals surface area contributed by atoms with Crippen LogP contribution in [0.2, 0.25) is 0 Å². The van der Waals surface area contributed by atoms with Crippen molar-refractivity contribution in [2.24, 2.45) is 5.16 Å². The number of nitrogens with zero attached hydrogens (tertiary/aromatic N) is 3. The average molecular weight is 676 g/mol. The highest BCUT2D eigenvalue weighted by molar-refractivity contribution is 8.04. The predicted molar refractivity (Wildman–Crippen MR) is 159 cm³/mol. The van der Waals surface area contributed by atoms with E-state index >= 15 is 0 Å². The smallest absolute Gasteiger partial charge is 0.350 e. The lowest BCUT2D eigenvalue weighted by molar-refractivity contribution is -0.188. The van der Waals surface area contributed by atoms with Gasteiger partial charge in [0.25, 0.3) is 5.91 Å². The van der Waals surface area contributed by atoms with Crippen LogP contribution in [0.3, 0.4) is 0 Å². The fourth-order valence-electron chi connectivity index (χ4n) is 3.90. The molecule has 1 aromatic heterocycles. The van der Waals surface area contributed by atoms with Crippen LogP contribution in [0.1, 0.15) is 46.2 Å². The Bertz CT molecular complexity index is 1310. The Morgan fingerprint density at radius 1 is 1.11 bits per heavy atom. The zero-order valence-corrected chi connectivity index (χ0v) is 27.0. The van der Waals surface area contributed by atoms with Crippen molar-refractivity contribution in [1.82, 2.24) is 15.2 Å². The summed E-state index contributed by atoms with van der Waals surface area (Å²) in [6, 6.07) is -0.951. The predicted octanol–water partition coefficient (Wildman–Crippen LogP) is 0.633. The van der Waals surface area contributed by atoms with Crippen LogP contribution >= 0.6 is 34.9 Å². The number of β-lactam (4-membered cyclic amide) rings is 1. The number of nitrogens with one attached hydrogen (secondary N) is 1. The van der Waals surface area contributed by atoms with Gasteiger partial charge in [0.15, 0.2) is 10.8 Å². The molecular weight excluding hydrogens is 643 g/mol. The first-order valence-corrected chi connectivity index (χ1v) is 16.5. The fraction of sp³-hybridized carbons (Fsp3) is 0.600. The number of fused-ring (bicyclic) bond motifs is 1. The highest BCUT2D eigenvalue weighted by atomic mass is 32.2. The molecule has 2 amide bonds. The normalized spacial score (nSPS) is 22.4. The quantitative estimate of drug-likeness (QED) is 0.0909. The number of anilines is 1. The summed E-state index contributed by atoms with van der Waals surface area (Å²) in [5, 5.41) is 7.45. The number of aromatic nitrogens is 1. The number of carbonyl (C=O) groups excluding carboxylic acids is 6. The summed E-state index contributed by atoms with van der Waals surface area (Å²) in [6.07, 6.45) is -0.312. The zero-order valence-electron chi connectivity index (χ0n) is 24.6. The average Bonchev–Trinajstić information content (AvgIpc) is 3.42. The van der Waals surface area contributed by atoms with Crippen molar-refractivity contribution in [2.45, 2.75) is 69.3 Å². The molecule has 3 rings (SSSR count). The van der Waals surface area contributed by atoms with E-state index < -0.39 is 71.0 Å². The fourth-order valence-corrected chi connectivity index (χ4v) is 6.99. The summed E-state index contributed by atoms with van der Waals surface area (Å²) < 4.78 is 19.0. The molecule has 2 aliphatic heterocycles. The topological polar surface area (TPSA) is 215 Å². The standard InChI is InChI=1S/C25H33N5O11S3/c1-6-15(31)38-12(3)40-17(33)8-37-29-18(14-9-43-24(26)27-14)20(34)28-19-21(35)30-10-25(42-5,11-44-22(19)30)23(36)41-13(4)39-16(32)7-2/h9,12-13,19,22H,6-8,10-11H2,1-5H3,(H2,26,27)(H,28,34)/t12?,13?,19?,22-,25?/m1/s1. The first-order chi connectivity index (χ1) is 20.8. The van der Waals surface area contributed by atoms with Crippen molar-refractivity contribution < 1.29 is 52.6 Å². The molecule has 0 saturated carbocycles. The third-order valence-electron chi connectivity index (χ3n) is 6.16. The van der Waals surface area contributed by atoms with Gasteiger partial charge in [0.1, 0.15) is 21.9 Å². The molecule has 0 radical (unpaired) electrons. The lowest BCUT2D eigenvalue weighted by Crippen LogP contribution is -2.75. The number of oxime groups is 1. The lowest BCUT2D eigenvalue weighted by atomic mass is 10.0. The summed E-state index contributed by atoms with van der Waals surface area (Å²) in [6.45, 7) is 5.28. The van der Waals surface area contributed by atoms with Gasteiger partial charge in [0, 0.05) is 44.4 Å². The molecule has 0 bridgehead atoms. The molecule has 4 unspecified atom stereocenters. The molecule has 1 aromatic rings. The Hall–Kier alpha value is -3.58. The molecular formula is C25H33N5O11S3. The number of amides is 2. The summed E-state index contributed by atoms with van der Waals surface area (Å²) in [5.41, 5.74) is 5.41. The van der Waals surface area contributed by atoms with Crippen molar-refractivity contribution in [3.8, 4) is 0 Å². The van der Waals surface area contributed by atoms with Crippen molar-refractivity contribution in [3.63, 3.8) is 0 Å². The number of esters is 4. The molecule has 16 nitrogen and oxygen atoms in total. The van der Waals surface area contributed by atoms with E-state index in [-0.39, 0.29) is 41.7 Å².